The molecule has 0 aliphatic rings. The van der Waals surface area contributed by atoms with Crippen LogP contribution < -0.4 is 5.32 Å². The third-order valence-electron chi connectivity index (χ3n) is 3.34. The summed E-state index contributed by atoms with van der Waals surface area (Å²) in [6, 6.07) is 8.70. The highest BCUT2D eigenvalue weighted by atomic mass is 14.9. The number of hydrogen-bond acceptors (Lipinski definition) is 1. The first kappa shape index (κ1) is 13.2. The Bertz CT molecular complexity index is 497. The Kier molecular flexibility index (Phi) is 4.43. The standard InChI is InChI=1S/C16H24N2/c1-4-18-12-14(9-10-17-11-13(2)3)15-7-5-6-8-16(15)18/h5-8,12-13,17H,4,9-11H2,1-3H3. The van der Waals surface area contributed by atoms with Gasteiger partial charge >= 0.3 is 0 Å². The maximum Gasteiger partial charge on any atom is 0.0483 e. The normalized spacial score (nSPS) is 11.6. The first-order chi connectivity index (χ1) is 8.72. The van der Waals surface area contributed by atoms with Crippen LogP contribution in [0.1, 0.15) is 26.3 Å². The van der Waals surface area contributed by atoms with Crippen molar-refractivity contribution in [3.8, 4) is 0 Å². The largest absolute Gasteiger partial charge is 0.347 e. The molecule has 0 bridgehead atoms. The molecule has 2 heteroatoms. The number of rotatable bonds is 6. The summed E-state index contributed by atoms with van der Waals surface area (Å²) in [5.41, 5.74) is 2.82. The lowest BCUT2D eigenvalue weighted by molar-refractivity contribution is 0.554. The zero-order valence-corrected chi connectivity index (χ0v) is 11.7. The summed E-state index contributed by atoms with van der Waals surface area (Å²) >= 11 is 0. The number of aromatic nitrogens is 1. The minimum Gasteiger partial charge on any atom is -0.347 e. The lowest BCUT2D eigenvalue weighted by atomic mass is 10.1. The highest BCUT2D eigenvalue weighted by Gasteiger charge is 2.06. The third kappa shape index (κ3) is 2.94. The van der Waals surface area contributed by atoms with Crippen molar-refractivity contribution >= 4 is 10.9 Å². The summed E-state index contributed by atoms with van der Waals surface area (Å²) in [5.74, 6) is 0.724. The molecule has 1 aromatic carbocycles. The second-order valence-electron chi connectivity index (χ2n) is 5.31. The van der Waals surface area contributed by atoms with E-state index in [0.29, 0.717) is 0 Å². The molecule has 1 N–H and O–H groups in total. The van der Waals surface area contributed by atoms with Crippen LogP contribution in [0.2, 0.25) is 0 Å². The van der Waals surface area contributed by atoms with Crippen LogP contribution in [-0.4, -0.2) is 17.7 Å². The van der Waals surface area contributed by atoms with Crippen molar-refractivity contribution in [2.75, 3.05) is 13.1 Å². The van der Waals surface area contributed by atoms with Gasteiger partial charge in [0.25, 0.3) is 0 Å². The molecule has 98 valence electrons. The molecule has 0 saturated heterocycles. The predicted molar refractivity (Wildman–Crippen MR) is 79.0 cm³/mol. The number of para-hydroxylation sites is 1. The summed E-state index contributed by atoms with van der Waals surface area (Å²) < 4.78 is 2.34. The van der Waals surface area contributed by atoms with E-state index in [1.54, 1.807) is 0 Å². The van der Waals surface area contributed by atoms with Gasteiger partial charge in [-0.05, 0) is 44.0 Å². The van der Waals surface area contributed by atoms with E-state index < -0.39 is 0 Å². The van der Waals surface area contributed by atoms with Crippen molar-refractivity contribution in [2.45, 2.75) is 33.7 Å². The topological polar surface area (TPSA) is 17.0 Å². The van der Waals surface area contributed by atoms with Crippen molar-refractivity contribution in [1.29, 1.82) is 0 Å². The van der Waals surface area contributed by atoms with E-state index in [1.165, 1.54) is 16.5 Å². The van der Waals surface area contributed by atoms with Crippen molar-refractivity contribution in [1.82, 2.24) is 9.88 Å². The second kappa shape index (κ2) is 6.05. The Morgan fingerprint density at radius 2 is 2.00 bits per heavy atom. The molecule has 2 nitrogen and oxygen atoms in total. The number of hydrogen-bond donors (Lipinski definition) is 1. The molecule has 0 fully saturated rings. The van der Waals surface area contributed by atoms with Gasteiger partial charge in [-0.2, -0.15) is 0 Å². The molecule has 0 saturated carbocycles. The Balaban J connectivity index is 2.08. The molecule has 0 radical (unpaired) electrons. The van der Waals surface area contributed by atoms with Crippen LogP contribution in [0.15, 0.2) is 30.5 Å². The Hall–Kier alpha value is -1.28. The minimum atomic E-state index is 0.724. The number of benzene rings is 1. The first-order valence-electron chi connectivity index (χ1n) is 6.99. The highest BCUT2D eigenvalue weighted by Crippen LogP contribution is 2.21. The molecule has 0 spiro atoms. The van der Waals surface area contributed by atoms with Gasteiger partial charge in [0.2, 0.25) is 0 Å². The van der Waals surface area contributed by atoms with E-state index in [4.69, 9.17) is 0 Å². The Morgan fingerprint density at radius 3 is 2.72 bits per heavy atom. The maximum atomic E-state index is 3.52. The Morgan fingerprint density at radius 1 is 1.22 bits per heavy atom. The number of nitrogens with one attached hydrogen (secondary N) is 1. The highest BCUT2D eigenvalue weighted by molar-refractivity contribution is 5.83. The number of nitrogens with zero attached hydrogens (tertiary/aromatic N) is 1. The van der Waals surface area contributed by atoms with Gasteiger partial charge in [0.1, 0.15) is 0 Å². The average Bonchev–Trinajstić information content (AvgIpc) is 2.73. The van der Waals surface area contributed by atoms with Crippen LogP contribution >= 0.6 is 0 Å². The molecule has 2 aromatic rings. The van der Waals surface area contributed by atoms with E-state index in [2.05, 4.69) is 61.1 Å². The van der Waals surface area contributed by atoms with E-state index in [0.717, 1.165) is 32.0 Å². The fourth-order valence-corrected chi connectivity index (χ4v) is 2.40. The molecule has 0 unspecified atom stereocenters. The predicted octanol–water partition coefficient (Wildman–Crippen LogP) is 3.45. The zero-order valence-electron chi connectivity index (χ0n) is 11.7. The molecule has 1 aromatic heterocycles. The van der Waals surface area contributed by atoms with Gasteiger partial charge in [0.05, 0.1) is 0 Å². The quantitative estimate of drug-likeness (QED) is 0.770. The van der Waals surface area contributed by atoms with Crippen LogP contribution in [0, 0.1) is 5.92 Å². The molecule has 0 aliphatic heterocycles. The maximum absolute atomic E-state index is 3.52. The fraction of sp³-hybridized carbons (Fsp3) is 0.500. The van der Waals surface area contributed by atoms with Gasteiger partial charge in [-0.1, -0.05) is 32.0 Å². The smallest absolute Gasteiger partial charge is 0.0483 e. The lowest BCUT2D eigenvalue weighted by Crippen LogP contribution is -2.22. The average molecular weight is 244 g/mol. The summed E-state index contributed by atoms with van der Waals surface area (Å²) in [6.45, 7) is 9.90. The van der Waals surface area contributed by atoms with E-state index in [9.17, 15) is 0 Å². The molecule has 0 aliphatic carbocycles. The molecule has 0 amide bonds. The minimum absolute atomic E-state index is 0.724. The monoisotopic (exact) mass is 244 g/mol. The van der Waals surface area contributed by atoms with E-state index >= 15 is 0 Å². The van der Waals surface area contributed by atoms with Crippen LogP contribution in [-0.2, 0) is 13.0 Å². The summed E-state index contributed by atoms with van der Waals surface area (Å²) in [7, 11) is 0. The number of aryl methyl sites for hydroxylation is 1. The molecule has 18 heavy (non-hydrogen) atoms. The molecule has 1 heterocycles. The number of fused-ring (bicyclic) bond motifs is 1. The molecular weight excluding hydrogens is 220 g/mol. The van der Waals surface area contributed by atoms with Crippen molar-refractivity contribution < 1.29 is 0 Å². The van der Waals surface area contributed by atoms with Crippen LogP contribution in [0.3, 0.4) is 0 Å². The third-order valence-corrected chi connectivity index (χ3v) is 3.34. The van der Waals surface area contributed by atoms with Gasteiger partial charge < -0.3 is 9.88 Å². The molecule has 2 rings (SSSR count). The molecular formula is C16H24N2. The SMILES string of the molecule is CCn1cc(CCNCC(C)C)c2ccccc21. The Labute approximate surface area is 110 Å². The van der Waals surface area contributed by atoms with Crippen LogP contribution in [0.4, 0.5) is 0 Å². The van der Waals surface area contributed by atoms with Crippen molar-refractivity contribution in [3.05, 3.63) is 36.0 Å². The van der Waals surface area contributed by atoms with Gasteiger partial charge in [0.15, 0.2) is 0 Å². The van der Waals surface area contributed by atoms with Crippen LogP contribution in [0.5, 0.6) is 0 Å². The molecule has 0 atom stereocenters. The zero-order chi connectivity index (χ0) is 13.0. The lowest BCUT2D eigenvalue weighted by Gasteiger charge is -2.06. The van der Waals surface area contributed by atoms with Crippen LogP contribution in [0.25, 0.3) is 10.9 Å². The summed E-state index contributed by atoms with van der Waals surface area (Å²) in [4.78, 5) is 0. The van der Waals surface area contributed by atoms with Gasteiger partial charge in [-0.25, -0.2) is 0 Å². The van der Waals surface area contributed by atoms with E-state index in [-0.39, 0.29) is 0 Å². The first-order valence-corrected chi connectivity index (χ1v) is 6.99. The fourth-order valence-electron chi connectivity index (χ4n) is 2.40. The van der Waals surface area contributed by atoms with Crippen molar-refractivity contribution in [3.63, 3.8) is 0 Å². The second-order valence-corrected chi connectivity index (χ2v) is 5.31. The van der Waals surface area contributed by atoms with Gasteiger partial charge in [0, 0.05) is 23.6 Å². The van der Waals surface area contributed by atoms with Gasteiger partial charge in [-0.15, -0.1) is 0 Å². The summed E-state index contributed by atoms with van der Waals surface area (Å²) in [5, 5.41) is 4.92. The van der Waals surface area contributed by atoms with E-state index in [1.807, 2.05) is 0 Å². The van der Waals surface area contributed by atoms with Gasteiger partial charge in [-0.3, -0.25) is 0 Å². The van der Waals surface area contributed by atoms with Crippen molar-refractivity contribution in [2.24, 2.45) is 5.92 Å². The summed E-state index contributed by atoms with van der Waals surface area (Å²) in [6.07, 6.45) is 3.42.